The van der Waals surface area contributed by atoms with Gasteiger partial charge in [0.25, 0.3) is 11.1 Å². The minimum atomic E-state index is -0.378. The molecule has 0 spiro atoms. The third kappa shape index (κ3) is 3.30. The lowest BCUT2D eigenvalue weighted by atomic mass is 10.1. The monoisotopic (exact) mass is 391 g/mol. The summed E-state index contributed by atoms with van der Waals surface area (Å²) in [6.45, 7) is 0.291. The fraction of sp³-hybridized carbons (Fsp3) is 0.0952. The summed E-state index contributed by atoms with van der Waals surface area (Å²) < 4.78 is 14.9. The number of carbonyl (C=O) groups is 2. The van der Waals surface area contributed by atoms with Gasteiger partial charge in [-0.3, -0.25) is 14.5 Å². The van der Waals surface area contributed by atoms with Crippen LogP contribution in [0.1, 0.15) is 11.1 Å². The Hall–Kier alpha value is -3.37. The van der Waals surface area contributed by atoms with Crippen LogP contribution in [0.25, 0.3) is 17.0 Å². The predicted molar refractivity (Wildman–Crippen MR) is 105 cm³/mol. The number of halogens is 1. The van der Waals surface area contributed by atoms with Crippen molar-refractivity contribution in [1.82, 2.24) is 9.47 Å². The molecule has 0 atom stereocenters. The molecule has 1 aromatic heterocycles. The van der Waals surface area contributed by atoms with E-state index in [2.05, 4.69) is 6.07 Å². The normalized spacial score (nSPS) is 15.6. The molecule has 0 unspecified atom stereocenters. The van der Waals surface area contributed by atoms with Crippen LogP contribution >= 0.6 is 11.8 Å². The molecule has 4 rings (SSSR count). The van der Waals surface area contributed by atoms with Crippen molar-refractivity contribution < 1.29 is 14.0 Å². The summed E-state index contributed by atoms with van der Waals surface area (Å²) in [6, 6.07) is 15.4. The predicted octanol–water partition coefficient (Wildman–Crippen LogP) is 4.54. The smallest absolute Gasteiger partial charge is 0.293 e. The molecule has 1 saturated heterocycles. The summed E-state index contributed by atoms with van der Waals surface area (Å²) in [5.41, 5.74) is 2.34. The summed E-state index contributed by atoms with van der Waals surface area (Å²) in [5.74, 6) is -0.747. The molecule has 0 N–H and O–H groups in total. The number of para-hydroxylation sites is 1. The van der Waals surface area contributed by atoms with Crippen LogP contribution in [0.5, 0.6) is 0 Å². The fourth-order valence-electron chi connectivity index (χ4n) is 3.15. The van der Waals surface area contributed by atoms with Crippen molar-refractivity contribution in [3.8, 4) is 6.07 Å². The van der Waals surface area contributed by atoms with Gasteiger partial charge in [-0.05, 0) is 41.6 Å². The van der Waals surface area contributed by atoms with Gasteiger partial charge >= 0.3 is 0 Å². The van der Waals surface area contributed by atoms with Crippen LogP contribution in [0, 0.1) is 17.1 Å². The first-order valence-corrected chi connectivity index (χ1v) is 9.33. The maximum Gasteiger partial charge on any atom is 0.293 e. The van der Waals surface area contributed by atoms with Crippen LogP contribution in [0.2, 0.25) is 0 Å². The van der Waals surface area contributed by atoms with E-state index in [0.29, 0.717) is 10.5 Å². The van der Waals surface area contributed by atoms with E-state index < -0.39 is 0 Å². The Labute approximate surface area is 164 Å². The van der Waals surface area contributed by atoms with E-state index in [4.69, 9.17) is 5.26 Å². The molecule has 2 amide bonds. The molecule has 0 bridgehead atoms. The second-order valence-corrected chi connectivity index (χ2v) is 7.28. The van der Waals surface area contributed by atoms with Gasteiger partial charge in [-0.15, -0.1) is 0 Å². The van der Waals surface area contributed by atoms with Crippen LogP contribution in [0.15, 0.2) is 59.6 Å². The average Bonchev–Trinajstić information content (AvgIpc) is 3.17. The quantitative estimate of drug-likeness (QED) is 0.613. The summed E-state index contributed by atoms with van der Waals surface area (Å²) in [6.07, 6.45) is 3.49. The van der Waals surface area contributed by atoms with Crippen LogP contribution in [0.3, 0.4) is 0 Å². The maximum absolute atomic E-state index is 13.1. The number of thioether (sulfide) groups is 1. The van der Waals surface area contributed by atoms with Gasteiger partial charge in [0.15, 0.2) is 0 Å². The molecule has 5 nitrogen and oxygen atoms in total. The van der Waals surface area contributed by atoms with Crippen molar-refractivity contribution in [2.45, 2.75) is 13.1 Å². The molecule has 3 aromatic rings. The lowest BCUT2D eigenvalue weighted by Gasteiger charge is -2.12. The first kappa shape index (κ1) is 18.0. The maximum atomic E-state index is 13.1. The Kier molecular flexibility index (Phi) is 4.72. The van der Waals surface area contributed by atoms with E-state index in [9.17, 15) is 14.0 Å². The highest BCUT2D eigenvalue weighted by molar-refractivity contribution is 8.18. The van der Waals surface area contributed by atoms with Crippen molar-refractivity contribution >= 4 is 39.9 Å². The van der Waals surface area contributed by atoms with Crippen LogP contribution in [-0.2, 0) is 17.9 Å². The molecule has 0 saturated carbocycles. The zero-order chi connectivity index (χ0) is 19.7. The minimum absolute atomic E-state index is 0.0957. The van der Waals surface area contributed by atoms with E-state index in [1.807, 2.05) is 35.0 Å². The molecule has 28 heavy (non-hydrogen) atoms. The van der Waals surface area contributed by atoms with Gasteiger partial charge in [-0.25, -0.2) is 4.39 Å². The molecule has 0 radical (unpaired) electrons. The average molecular weight is 391 g/mol. The zero-order valence-corrected chi connectivity index (χ0v) is 15.4. The summed E-state index contributed by atoms with van der Waals surface area (Å²) in [5, 5.41) is 9.57. The van der Waals surface area contributed by atoms with Gasteiger partial charge in [0.1, 0.15) is 12.4 Å². The molecular formula is C21H14FN3O2S. The molecule has 1 aliphatic rings. The second-order valence-electron chi connectivity index (χ2n) is 6.28. The molecule has 2 aromatic carbocycles. The summed E-state index contributed by atoms with van der Waals surface area (Å²) >= 11 is 0.880. The number of imide groups is 1. The minimum Gasteiger partial charge on any atom is -0.333 e. The number of hydrogen-bond acceptors (Lipinski definition) is 4. The lowest BCUT2D eigenvalue weighted by Crippen LogP contribution is -2.27. The number of hydrogen-bond donors (Lipinski definition) is 0. The Morgan fingerprint density at radius 3 is 2.61 bits per heavy atom. The number of aromatic nitrogens is 1. The molecule has 0 aliphatic carbocycles. The SMILES string of the molecule is N#CCn1cc(/C=C2\SC(=O)N(Cc3ccc(F)cc3)C2=O)c2ccccc21. The molecule has 7 heteroatoms. The lowest BCUT2D eigenvalue weighted by molar-refractivity contribution is -0.123. The molecule has 138 valence electrons. The first-order chi connectivity index (χ1) is 13.6. The van der Waals surface area contributed by atoms with Gasteiger partial charge in [-0.1, -0.05) is 30.3 Å². The summed E-state index contributed by atoms with van der Waals surface area (Å²) in [4.78, 5) is 26.6. The van der Waals surface area contributed by atoms with Crippen molar-refractivity contribution in [2.24, 2.45) is 0 Å². The topological polar surface area (TPSA) is 66.1 Å². The highest BCUT2D eigenvalue weighted by Gasteiger charge is 2.35. The summed E-state index contributed by atoms with van der Waals surface area (Å²) in [7, 11) is 0. The Morgan fingerprint density at radius 1 is 1.11 bits per heavy atom. The Bertz CT molecular complexity index is 1160. The number of benzene rings is 2. The van der Waals surface area contributed by atoms with Crippen molar-refractivity contribution in [3.63, 3.8) is 0 Å². The van der Waals surface area contributed by atoms with Crippen molar-refractivity contribution in [3.05, 3.63) is 76.6 Å². The number of nitriles is 1. The highest BCUT2D eigenvalue weighted by Crippen LogP contribution is 2.35. The largest absolute Gasteiger partial charge is 0.333 e. The molecule has 1 aliphatic heterocycles. The van der Waals surface area contributed by atoms with Crippen molar-refractivity contribution in [1.29, 1.82) is 5.26 Å². The van der Waals surface area contributed by atoms with E-state index in [1.165, 1.54) is 12.1 Å². The Morgan fingerprint density at radius 2 is 1.86 bits per heavy atom. The number of amides is 2. The molecule has 1 fully saturated rings. The number of fused-ring (bicyclic) bond motifs is 1. The van der Waals surface area contributed by atoms with E-state index in [1.54, 1.807) is 18.2 Å². The van der Waals surface area contributed by atoms with E-state index in [0.717, 1.165) is 33.1 Å². The zero-order valence-electron chi connectivity index (χ0n) is 14.6. The second kappa shape index (κ2) is 7.33. The first-order valence-electron chi connectivity index (χ1n) is 8.51. The van der Waals surface area contributed by atoms with Crippen LogP contribution in [-0.4, -0.2) is 20.6 Å². The van der Waals surface area contributed by atoms with Gasteiger partial charge in [0.2, 0.25) is 0 Å². The van der Waals surface area contributed by atoms with Crippen LogP contribution < -0.4 is 0 Å². The van der Waals surface area contributed by atoms with Crippen molar-refractivity contribution in [2.75, 3.05) is 0 Å². The van der Waals surface area contributed by atoms with Crippen LogP contribution in [0.4, 0.5) is 9.18 Å². The molecule has 2 heterocycles. The van der Waals surface area contributed by atoms with Gasteiger partial charge in [0, 0.05) is 22.7 Å². The fourth-order valence-corrected chi connectivity index (χ4v) is 3.98. The Balaban J connectivity index is 1.65. The third-order valence-electron chi connectivity index (χ3n) is 4.47. The number of rotatable bonds is 4. The van der Waals surface area contributed by atoms with Gasteiger partial charge in [0.05, 0.1) is 17.5 Å². The third-order valence-corrected chi connectivity index (χ3v) is 5.38. The highest BCUT2D eigenvalue weighted by atomic mass is 32.2. The molecular weight excluding hydrogens is 377 g/mol. The van der Waals surface area contributed by atoms with Gasteiger partial charge in [-0.2, -0.15) is 5.26 Å². The van der Waals surface area contributed by atoms with Gasteiger partial charge < -0.3 is 4.57 Å². The number of nitrogens with zero attached hydrogens (tertiary/aromatic N) is 3. The standard InChI is InChI=1S/C21H14FN3O2S/c22-16-7-5-14(6-8-16)12-25-20(26)19(28-21(25)27)11-15-13-24(10-9-23)18-4-2-1-3-17(15)18/h1-8,11,13H,10,12H2/b19-11-. The van der Waals surface area contributed by atoms with E-state index in [-0.39, 0.29) is 30.1 Å². The van der Waals surface area contributed by atoms with E-state index >= 15 is 0 Å². The number of carbonyl (C=O) groups excluding carboxylic acids is 2.